The molecule has 3 aromatic heterocycles. The summed E-state index contributed by atoms with van der Waals surface area (Å²) in [6.45, 7) is 1.93. The lowest BCUT2D eigenvalue weighted by Gasteiger charge is -2.31. The van der Waals surface area contributed by atoms with E-state index in [9.17, 15) is 26.9 Å². The van der Waals surface area contributed by atoms with Crippen LogP contribution in [0.2, 0.25) is 0 Å². The fraction of sp³-hybridized carbons (Fsp3) is 0.381. The molecule has 1 fully saturated rings. The zero-order valence-electron chi connectivity index (χ0n) is 18.8. The zero-order valence-corrected chi connectivity index (χ0v) is 20.5. The van der Waals surface area contributed by atoms with Crippen molar-refractivity contribution in [2.24, 2.45) is 0 Å². The molecule has 36 heavy (non-hydrogen) atoms. The molecule has 0 aromatic carbocycles. The second-order valence-corrected chi connectivity index (χ2v) is 11.2. The third kappa shape index (κ3) is 5.18. The van der Waals surface area contributed by atoms with Crippen LogP contribution in [0.3, 0.4) is 0 Å². The van der Waals surface area contributed by atoms with E-state index < -0.39 is 21.8 Å². The number of nitrogens with zero attached hydrogens (tertiary/aromatic N) is 7. The summed E-state index contributed by atoms with van der Waals surface area (Å²) in [5.74, 6) is -0.0124. The van der Waals surface area contributed by atoms with E-state index in [0.717, 1.165) is 11.3 Å². The Bertz CT molecular complexity index is 1460. The van der Waals surface area contributed by atoms with E-state index in [1.807, 2.05) is 12.1 Å². The number of piperidine rings is 1. The van der Waals surface area contributed by atoms with E-state index in [1.54, 1.807) is 6.92 Å². The molecule has 0 bridgehead atoms. The Balaban J connectivity index is 1.49. The van der Waals surface area contributed by atoms with Crippen LogP contribution in [0.4, 0.5) is 19.1 Å². The van der Waals surface area contributed by atoms with Crippen LogP contribution in [0.5, 0.6) is 0 Å². The van der Waals surface area contributed by atoms with Gasteiger partial charge in [-0.25, -0.2) is 18.4 Å². The van der Waals surface area contributed by atoms with Gasteiger partial charge in [0.1, 0.15) is 23.1 Å². The molecule has 0 saturated carbocycles. The highest BCUT2D eigenvalue weighted by atomic mass is 32.2. The molecule has 0 aliphatic carbocycles. The van der Waals surface area contributed by atoms with Crippen molar-refractivity contribution in [2.45, 2.75) is 43.4 Å². The fourth-order valence-electron chi connectivity index (χ4n) is 3.77. The first-order valence-electron chi connectivity index (χ1n) is 10.6. The molecule has 10 nitrogen and oxygen atoms in total. The summed E-state index contributed by atoms with van der Waals surface area (Å²) in [4.78, 5) is 8.74. The number of aryl methyl sites for hydroxylation is 1. The van der Waals surface area contributed by atoms with Crippen LogP contribution >= 0.6 is 11.3 Å². The van der Waals surface area contributed by atoms with Crippen LogP contribution in [-0.4, -0.2) is 51.6 Å². The minimum absolute atomic E-state index is 0.0112. The summed E-state index contributed by atoms with van der Waals surface area (Å²) in [6, 6.07) is 4.96. The van der Waals surface area contributed by atoms with Crippen molar-refractivity contribution in [3.05, 3.63) is 40.7 Å². The third-order valence-electron chi connectivity index (χ3n) is 5.63. The van der Waals surface area contributed by atoms with Crippen LogP contribution in [-0.2, 0) is 22.7 Å². The summed E-state index contributed by atoms with van der Waals surface area (Å²) >= 11 is 1.04. The van der Waals surface area contributed by atoms with Gasteiger partial charge in [0.15, 0.2) is 0 Å². The summed E-state index contributed by atoms with van der Waals surface area (Å²) in [5, 5.41) is 24.8. The third-order valence-corrected chi connectivity index (χ3v) is 8.54. The van der Waals surface area contributed by atoms with E-state index in [4.69, 9.17) is 5.26 Å². The molecule has 0 radical (unpaired) electrons. The maximum Gasteiger partial charge on any atom is 0.420 e. The molecule has 188 valence electrons. The van der Waals surface area contributed by atoms with Crippen LogP contribution < -0.4 is 5.32 Å². The number of thiophene rings is 1. The van der Waals surface area contributed by atoms with Gasteiger partial charge in [0.2, 0.25) is 16.0 Å². The van der Waals surface area contributed by atoms with Crippen molar-refractivity contribution < 1.29 is 21.6 Å². The van der Waals surface area contributed by atoms with Crippen molar-refractivity contribution in [1.29, 1.82) is 10.5 Å². The minimum atomic E-state index is -4.68. The van der Waals surface area contributed by atoms with E-state index in [2.05, 4.69) is 20.4 Å². The molecule has 1 N–H and O–H groups in total. The molecule has 1 aliphatic rings. The normalized spacial score (nSPS) is 15.4. The molecule has 15 heteroatoms. The lowest BCUT2D eigenvalue weighted by atomic mass is 10.1. The lowest BCUT2D eigenvalue weighted by Crippen LogP contribution is -2.42. The smallest absolute Gasteiger partial charge is 0.351 e. The Morgan fingerprint density at radius 1 is 1.25 bits per heavy atom. The summed E-state index contributed by atoms with van der Waals surface area (Å²) in [7, 11) is -3.79. The van der Waals surface area contributed by atoms with Crippen LogP contribution in [0.1, 0.15) is 28.8 Å². The Morgan fingerprint density at radius 3 is 2.58 bits per heavy atom. The number of halogens is 3. The summed E-state index contributed by atoms with van der Waals surface area (Å²) in [6.07, 6.45) is -0.726. The quantitative estimate of drug-likeness (QED) is 0.506. The van der Waals surface area contributed by atoms with Crippen molar-refractivity contribution in [3.63, 3.8) is 0 Å². The first-order valence-corrected chi connectivity index (χ1v) is 12.9. The van der Waals surface area contributed by atoms with E-state index >= 15 is 0 Å². The number of aromatic nitrogens is 4. The van der Waals surface area contributed by atoms with Gasteiger partial charge in [0.05, 0.1) is 28.4 Å². The van der Waals surface area contributed by atoms with Gasteiger partial charge in [-0.1, -0.05) is 0 Å². The highest BCUT2D eigenvalue weighted by molar-refractivity contribution is 7.89. The molecule has 0 atom stereocenters. The predicted molar refractivity (Wildman–Crippen MR) is 123 cm³/mol. The van der Waals surface area contributed by atoms with Crippen LogP contribution in [0.25, 0.3) is 10.6 Å². The van der Waals surface area contributed by atoms with E-state index in [1.165, 1.54) is 27.4 Å². The molecule has 4 rings (SSSR count). The average molecular weight is 537 g/mol. The highest BCUT2D eigenvalue weighted by Gasteiger charge is 2.36. The molecule has 1 aliphatic heterocycles. The molecule has 1 saturated heterocycles. The SMILES string of the molecule is Cc1sc(-c2nc(NC3CCN(S(=O)(=O)c4cnn(CC#N)c4)CC3)ncc2C(F)(F)F)cc1C#N. The number of nitriles is 2. The van der Waals surface area contributed by atoms with Gasteiger partial charge in [-0.05, 0) is 25.8 Å². The standard InChI is InChI=1S/C21H19F3N8O2S2/c1-13-14(9-26)8-18(35-13)19-17(21(22,23)24)11-27-20(30-19)29-15-2-5-32(6-3-15)36(33,34)16-10-28-31(12-16)7-4-25/h8,10-12,15H,2-3,5-7H2,1H3,(H,27,29,30). The van der Waals surface area contributed by atoms with Crippen molar-refractivity contribution >= 4 is 27.3 Å². The first-order chi connectivity index (χ1) is 17.0. The largest absolute Gasteiger partial charge is 0.420 e. The molecule has 4 heterocycles. The van der Waals surface area contributed by atoms with Crippen molar-refractivity contribution in [1.82, 2.24) is 24.1 Å². The van der Waals surface area contributed by atoms with Gasteiger partial charge >= 0.3 is 6.18 Å². The number of hydrogen-bond acceptors (Lipinski definition) is 9. The van der Waals surface area contributed by atoms with Crippen LogP contribution in [0.15, 0.2) is 29.6 Å². The number of anilines is 1. The number of sulfonamides is 1. The van der Waals surface area contributed by atoms with Gasteiger partial charge in [0, 0.05) is 36.4 Å². The number of hydrogen-bond donors (Lipinski definition) is 1. The maximum absolute atomic E-state index is 13.6. The average Bonchev–Trinajstić information content (AvgIpc) is 3.46. The Morgan fingerprint density at radius 2 is 1.97 bits per heavy atom. The molecular formula is C21H19F3N8O2S2. The minimum Gasteiger partial charge on any atom is -0.351 e. The number of rotatable bonds is 6. The molecule has 0 unspecified atom stereocenters. The lowest BCUT2D eigenvalue weighted by molar-refractivity contribution is -0.137. The molecular weight excluding hydrogens is 517 g/mol. The predicted octanol–water partition coefficient (Wildman–Crippen LogP) is 3.39. The Kier molecular flexibility index (Phi) is 6.99. The summed E-state index contributed by atoms with van der Waals surface area (Å²) in [5.41, 5.74) is -1.04. The fourth-order valence-corrected chi connectivity index (χ4v) is 6.16. The monoisotopic (exact) mass is 536 g/mol. The molecule has 0 amide bonds. The van der Waals surface area contributed by atoms with Gasteiger partial charge in [0.25, 0.3) is 0 Å². The van der Waals surface area contributed by atoms with Crippen molar-refractivity contribution in [3.8, 4) is 22.7 Å². The van der Waals surface area contributed by atoms with Crippen molar-refractivity contribution in [2.75, 3.05) is 18.4 Å². The Labute approximate surface area is 208 Å². The van der Waals surface area contributed by atoms with Gasteiger partial charge in [-0.15, -0.1) is 11.3 Å². The Hall–Kier alpha value is -3.53. The molecule has 3 aromatic rings. The number of alkyl halides is 3. The second kappa shape index (κ2) is 9.85. The number of nitrogens with one attached hydrogen (secondary N) is 1. The van der Waals surface area contributed by atoms with Gasteiger partial charge in [-0.3, -0.25) is 4.68 Å². The highest BCUT2D eigenvalue weighted by Crippen LogP contribution is 2.39. The maximum atomic E-state index is 13.6. The topological polar surface area (TPSA) is 141 Å². The first kappa shape index (κ1) is 25.6. The molecule has 0 spiro atoms. The van der Waals surface area contributed by atoms with Gasteiger partial charge in [-0.2, -0.15) is 33.1 Å². The summed E-state index contributed by atoms with van der Waals surface area (Å²) < 4.78 is 69.1. The second-order valence-electron chi connectivity index (χ2n) is 8.00. The van der Waals surface area contributed by atoms with E-state index in [-0.39, 0.29) is 52.7 Å². The van der Waals surface area contributed by atoms with E-state index in [0.29, 0.717) is 23.9 Å². The van der Waals surface area contributed by atoms with Crippen LogP contribution in [0, 0.1) is 29.6 Å². The zero-order chi connectivity index (χ0) is 26.1. The van der Waals surface area contributed by atoms with Gasteiger partial charge < -0.3 is 5.32 Å².